The molecule has 0 heterocycles. The van der Waals surface area contributed by atoms with Gasteiger partial charge in [0.15, 0.2) is 6.10 Å². The SMILES string of the molecule is COC(=O)c1ccc(C(=O)OC(C)C(=O)NC2(C#N)CCCCC2)cc1. The van der Waals surface area contributed by atoms with E-state index in [-0.39, 0.29) is 5.56 Å². The summed E-state index contributed by atoms with van der Waals surface area (Å²) < 4.78 is 9.77. The van der Waals surface area contributed by atoms with Crippen molar-refractivity contribution in [2.75, 3.05) is 7.11 Å². The lowest BCUT2D eigenvalue weighted by Crippen LogP contribution is -2.52. The normalized spacial score (nSPS) is 16.7. The molecule has 0 bridgehead atoms. The van der Waals surface area contributed by atoms with Gasteiger partial charge < -0.3 is 14.8 Å². The lowest BCUT2D eigenvalue weighted by Gasteiger charge is -2.32. The number of esters is 2. The van der Waals surface area contributed by atoms with E-state index in [2.05, 4.69) is 16.1 Å². The van der Waals surface area contributed by atoms with Crippen molar-refractivity contribution in [2.45, 2.75) is 50.7 Å². The van der Waals surface area contributed by atoms with Gasteiger partial charge in [-0.1, -0.05) is 19.3 Å². The Balaban J connectivity index is 1.96. The number of rotatable bonds is 5. The van der Waals surface area contributed by atoms with E-state index in [1.54, 1.807) is 0 Å². The standard InChI is InChI=1S/C19H22N2O5/c1-13(16(22)21-19(12-20)10-4-3-5-11-19)26-18(24)15-8-6-14(7-9-15)17(23)25-2/h6-9,13H,3-5,10-11H2,1-2H3,(H,21,22). The zero-order valence-electron chi connectivity index (χ0n) is 14.9. The van der Waals surface area contributed by atoms with Crippen LogP contribution in [0.2, 0.25) is 0 Å². The minimum Gasteiger partial charge on any atom is -0.465 e. The fraction of sp³-hybridized carbons (Fsp3) is 0.474. The number of amides is 1. The molecule has 1 aromatic carbocycles. The fourth-order valence-corrected chi connectivity index (χ4v) is 2.90. The lowest BCUT2D eigenvalue weighted by molar-refractivity contribution is -0.130. The summed E-state index contributed by atoms with van der Waals surface area (Å²) in [6.45, 7) is 1.46. The summed E-state index contributed by atoms with van der Waals surface area (Å²) >= 11 is 0. The summed E-state index contributed by atoms with van der Waals surface area (Å²) in [4.78, 5) is 35.9. The van der Waals surface area contributed by atoms with Gasteiger partial charge in [0.25, 0.3) is 5.91 Å². The van der Waals surface area contributed by atoms with Gasteiger partial charge in [-0.2, -0.15) is 5.26 Å². The highest BCUT2D eigenvalue weighted by molar-refractivity contribution is 5.94. The van der Waals surface area contributed by atoms with Crippen molar-refractivity contribution in [2.24, 2.45) is 0 Å². The first-order valence-corrected chi connectivity index (χ1v) is 8.53. The molecular formula is C19H22N2O5. The monoisotopic (exact) mass is 358 g/mol. The molecule has 0 aliphatic heterocycles. The van der Waals surface area contributed by atoms with E-state index in [1.165, 1.54) is 38.3 Å². The highest BCUT2D eigenvalue weighted by Crippen LogP contribution is 2.27. The van der Waals surface area contributed by atoms with Crippen LogP contribution in [0, 0.1) is 11.3 Å². The van der Waals surface area contributed by atoms with Crippen molar-refractivity contribution in [1.82, 2.24) is 5.32 Å². The van der Waals surface area contributed by atoms with Crippen molar-refractivity contribution >= 4 is 17.8 Å². The Bertz CT molecular complexity index is 714. The Morgan fingerprint density at radius 2 is 1.62 bits per heavy atom. The van der Waals surface area contributed by atoms with Crippen molar-refractivity contribution in [3.8, 4) is 6.07 Å². The van der Waals surface area contributed by atoms with Crippen LogP contribution in [0.5, 0.6) is 0 Å². The second-order valence-electron chi connectivity index (χ2n) is 6.36. The molecule has 1 aromatic rings. The first-order valence-electron chi connectivity index (χ1n) is 8.53. The third kappa shape index (κ3) is 4.60. The molecule has 2 rings (SSSR count). The van der Waals surface area contributed by atoms with E-state index < -0.39 is 29.5 Å². The van der Waals surface area contributed by atoms with Crippen molar-refractivity contribution in [3.63, 3.8) is 0 Å². The maximum absolute atomic E-state index is 12.3. The van der Waals surface area contributed by atoms with Gasteiger partial charge in [0, 0.05) is 0 Å². The van der Waals surface area contributed by atoms with Crippen LogP contribution in [-0.2, 0) is 14.3 Å². The van der Waals surface area contributed by atoms with E-state index in [9.17, 15) is 19.6 Å². The summed E-state index contributed by atoms with van der Waals surface area (Å²) in [5, 5.41) is 12.1. The van der Waals surface area contributed by atoms with Gasteiger partial charge >= 0.3 is 11.9 Å². The fourth-order valence-electron chi connectivity index (χ4n) is 2.90. The summed E-state index contributed by atoms with van der Waals surface area (Å²) in [7, 11) is 1.27. The quantitative estimate of drug-likeness (QED) is 0.810. The van der Waals surface area contributed by atoms with Gasteiger partial charge in [-0.15, -0.1) is 0 Å². The number of nitrogens with one attached hydrogen (secondary N) is 1. The van der Waals surface area contributed by atoms with Gasteiger partial charge in [0.05, 0.1) is 24.3 Å². The zero-order valence-corrected chi connectivity index (χ0v) is 14.9. The van der Waals surface area contributed by atoms with E-state index in [1.807, 2.05) is 0 Å². The molecule has 1 amide bonds. The molecule has 1 fully saturated rings. The van der Waals surface area contributed by atoms with Gasteiger partial charge in [-0.3, -0.25) is 4.79 Å². The molecule has 1 unspecified atom stereocenters. The molecule has 1 N–H and O–H groups in total. The lowest BCUT2D eigenvalue weighted by atomic mass is 9.83. The van der Waals surface area contributed by atoms with Crippen molar-refractivity contribution < 1.29 is 23.9 Å². The number of carbonyl (C=O) groups is 3. The predicted octanol–water partition coefficient (Wildman–Crippen LogP) is 2.36. The molecule has 0 saturated heterocycles. The molecule has 26 heavy (non-hydrogen) atoms. The first kappa shape index (κ1) is 19.4. The molecule has 1 aliphatic rings. The smallest absolute Gasteiger partial charge is 0.338 e. The van der Waals surface area contributed by atoms with E-state index in [0.717, 1.165) is 19.3 Å². The predicted molar refractivity (Wildman–Crippen MR) is 92.2 cm³/mol. The van der Waals surface area contributed by atoms with Gasteiger partial charge in [-0.25, -0.2) is 9.59 Å². The summed E-state index contributed by atoms with van der Waals surface area (Å²) in [5.74, 6) is -1.68. The van der Waals surface area contributed by atoms with Crippen molar-refractivity contribution in [3.05, 3.63) is 35.4 Å². The van der Waals surface area contributed by atoms with E-state index in [0.29, 0.717) is 18.4 Å². The second kappa shape index (κ2) is 8.48. The number of carbonyl (C=O) groups excluding carboxylic acids is 3. The summed E-state index contributed by atoms with van der Waals surface area (Å²) in [6.07, 6.45) is 2.99. The second-order valence-corrected chi connectivity index (χ2v) is 6.36. The van der Waals surface area contributed by atoms with Crippen LogP contribution in [0.25, 0.3) is 0 Å². The minimum absolute atomic E-state index is 0.213. The van der Waals surface area contributed by atoms with Crippen LogP contribution in [0.3, 0.4) is 0 Å². The summed E-state index contributed by atoms with van der Waals surface area (Å²) in [6, 6.07) is 7.94. The van der Waals surface area contributed by atoms with E-state index >= 15 is 0 Å². The Morgan fingerprint density at radius 1 is 1.08 bits per heavy atom. The van der Waals surface area contributed by atoms with Gasteiger partial charge in [0.1, 0.15) is 5.54 Å². The van der Waals surface area contributed by atoms with Crippen LogP contribution in [0.4, 0.5) is 0 Å². The highest BCUT2D eigenvalue weighted by Gasteiger charge is 2.35. The maximum Gasteiger partial charge on any atom is 0.338 e. The number of hydrogen-bond acceptors (Lipinski definition) is 6. The van der Waals surface area contributed by atoms with E-state index in [4.69, 9.17) is 4.74 Å². The highest BCUT2D eigenvalue weighted by atomic mass is 16.5. The van der Waals surface area contributed by atoms with Crippen LogP contribution in [0.15, 0.2) is 24.3 Å². The van der Waals surface area contributed by atoms with Crippen LogP contribution in [0.1, 0.15) is 59.7 Å². The topological polar surface area (TPSA) is 105 Å². The third-order valence-electron chi connectivity index (χ3n) is 4.48. The molecule has 0 radical (unpaired) electrons. The van der Waals surface area contributed by atoms with Crippen molar-refractivity contribution in [1.29, 1.82) is 5.26 Å². The van der Waals surface area contributed by atoms with Gasteiger partial charge in [0.2, 0.25) is 0 Å². The Kier molecular flexibility index (Phi) is 6.34. The molecular weight excluding hydrogens is 336 g/mol. The zero-order chi connectivity index (χ0) is 19.2. The molecule has 138 valence electrons. The number of methoxy groups -OCH3 is 1. The molecule has 1 aliphatic carbocycles. The Hall–Kier alpha value is -2.88. The average Bonchev–Trinajstić information content (AvgIpc) is 2.68. The molecule has 1 atom stereocenters. The number of hydrogen-bond donors (Lipinski definition) is 1. The Morgan fingerprint density at radius 3 is 2.12 bits per heavy atom. The average molecular weight is 358 g/mol. The molecule has 0 spiro atoms. The summed E-state index contributed by atoms with van der Waals surface area (Å²) in [5.41, 5.74) is -0.355. The number of nitriles is 1. The molecule has 7 nitrogen and oxygen atoms in total. The maximum atomic E-state index is 12.3. The molecule has 7 heteroatoms. The van der Waals surface area contributed by atoms with Crippen LogP contribution < -0.4 is 5.32 Å². The molecule has 1 saturated carbocycles. The Labute approximate surface area is 152 Å². The third-order valence-corrected chi connectivity index (χ3v) is 4.48. The molecule has 0 aromatic heterocycles. The minimum atomic E-state index is -1.03. The number of nitrogens with zero attached hydrogens (tertiary/aromatic N) is 1. The van der Waals surface area contributed by atoms with Crippen LogP contribution >= 0.6 is 0 Å². The number of benzene rings is 1. The van der Waals surface area contributed by atoms with Crippen LogP contribution in [-0.4, -0.2) is 36.6 Å². The number of ether oxygens (including phenoxy) is 2. The first-order chi connectivity index (χ1) is 12.4. The largest absolute Gasteiger partial charge is 0.465 e. The van der Waals surface area contributed by atoms with Gasteiger partial charge in [-0.05, 0) is 44.0 Å².